The first-order chi connectivity index (χ1) is 8.17. The van der Waals surface area contributed by atoms with Crippen molar-refractivity contribution in [2.75, 3.05) is 13.7 Å². The van der Waals surface area contributed by atoms with Crippen LogP contribution in [0.4, 0.5) is 0 Å². The van der Waals surface area contributed by atoms with Gasteiger partial charge < -0.3 is 15.2 Å². The van der Waals surface area contributed by atoms with Crippen molar-refractivity contribution in [3.8, 4) is 5.75 Å². The fourth-order valence-corrected chi connectivity index (χ4v) is 1.43. The maximum atomic E-state index is 11.6. The van der Waals surface area contributed by atoms with Crippen LogP contribution in [0.15, 0.2) is 24.3 Å². The van der Waals surface area contributed by atoms with E-state index in [0.717, 1.165) is 11.3 Å². The predicted octanol–water partition coefficient (Wildman–Crippen LogP) is 1.72. The highest BCUT2D eigenvalue weighted by Gasteiger charge is 2.13. The first kappa shape index (κ1) is 13.5. The molecule has 1 unspecified atom stereocenters. The van der Waals surface area contributed by atoms with E-state index >= 15 is 0 Å². The van der Waals surface area contributed by atoms with Gasteiger partial charge in [-0.15, -0.1) is 0 Å². The fourth-order valence-electron chi connectivity index (χ4n) is 1.43. The average molecular weight is 237 g/mol. The second-order valence-electron chi connectivity index (χ2n) is 3.94. The standard InChI is InChI=1S/C13H19NO3/c1-10(6-7-14)13(15)17-9-11-4-3-5-12(8-11)16-2/h3-5,8,10H,6-7,9,14H2,1-2H3. The molecular formula is C13H19NO3. The molecule has 0 amide bonds. The maximum absolute atomic E-state index is 11.6. The van der Waals surface area contributed by atoms with Crippen LogP contribution in [-0.4, -0.2) is 19.6 Å². The third-order valence-corrected chi connectivity index (χ3v) is 2.52. The molecule has 0 radical (unpaired) electrons. The molecule has 0 aliphatic rings. The molecular weight excluding hydrogens is 218 g/mol. The van der Waals surface area contributed by atoms with Crippen molar-refractivity contribution in [3.05, 3.63) is 29.8 Å². The average Bonchev–Trinajstić information content (AvgIpc) is 2.36. The Morgan fingerprint density at radius 2 is 2.24 bits per heavy atom. The number of esters is 1. The maximum Gasteiger partial charge on any atom is 0.309 e. The number of carbonyl (C=O) groups is 1. The molecule has 0 bridgehead atoms. The molecule has 0 fully saturated rings. The second kappa shape index (κ2) is 6.91. The van der Waals surface area contributed by atoms with Gasteiger partial charge in [0.05, 0.1) is 13.0 Å². The lowest BCUT2D eigenvalue weighted by atomic mass is 10.1. The van der Waals surface area contributed by atoms with Crippen LogP contribution in [0.3, 0.4) is 0 Å². The van der Waals surface area contributed by atoms with Crippen LogP contribution in [0, 0.1) is 5.92 Å². The molecule has 2 N–H and O–H groups in total. The number of hydrogen-bond donors (Lipinski definition) is 1. The largest absolute Gasteiger partial charge is 0.497 e. The SMILES string of the molecule is COc1cccc(COC(=O)C(C)CCN)c1. The summed E-state index contributed by atoms with van der Waals surface area (Å²) in [6.07, 6.45) is 0.650. The van der Waals surface area contributed by atoms with E-state index in [1.165, 1.54) is 0 Å². The molecule has 0 aliphatic heterocycles. The Morgan fingerprint density at radius 1 is 1.47 bits per heavy atom. The van der Waals surface area contributed by atoms with Crippen LogP contribution < -0.4 is 10.5 Å². The van der Waals surface area contributed by atoms with E-state index in [1.54, 1.807) is 7.11 Å². The Bertz CT molecular complexity index is 365. The summed E-state index contributed by atoms with van der Waals surface area (Å²) >= 11 is 0. The zero-order valence-electron chi connectivity index (χ0n) is 10.3. The number of ether oxygens (including phenoxy) is 2. The summed E-state index contributed by atoms with van der Waals surface area (Å²) in [5.74, 6) is 0.400. The molecule has 4 heteroatoms. The quantitative estimate of drug-likeness (QED) is 0.765. The molecule has 1 rings (SSSR count). The first-order valence-corrected chi connectivity index (χ1v) is 5.67. The fraction of sp³-hybridized carbons (Fsp3) is 0.462. The predicted molar refractivity (Wildman–Crippen MR) is 65.6 cm³/mol. The Kier molecular flexibility index (Phi) is 5.49. The number of nitrogens with two attached hydrogens (primary N) is 1. The summed E-state index contributed by atoms with van der Waals surface area (Å²) in [5, 5.41) is 0. The number of rotatable bonds is 6. The van der Waals surface area contributed by atoms with E-state index in [0.29, 0.717) is 13.0 Å². The lowest BCUT2D eigenvalue weighted by Gasteiger charge is -2.10. The Hall–Kier alpha value is -1.55. The van der Waals surface area contributed by atoms with Crippen LogP contribution in [0.25, 0.3) is 0 Å². The van der Waals surface area contributed by atoms with Gasteiger partial charge in [-0.3, -0.25) is 4.79 Å². The van der Waals surface area contributed by atoms with Crippen molar-refractivity contribution in [2.45, 2.75) is 20.0 Å². The van der Waals surface area contributed by atoms with Crippen molar-refractivity contribution in [3.63, 3.8) is 0 Å². The summed E-state index contributed by atoms with van der Waals surface area (Å²) in [7, 11) is 1.61. The summed E-state index contributed by atoms with van der Waals surface area (Å²) in [5.41, 5.74) is 6.30. The lowest BCUT2D eigenvalue weighted by molar-refractivity contribution is -0.149. The van der Waals surface area contributed by atoms with Crippen LogP contribution in [0.2, 0.25) is 0 Å². The molecule has 0 saturated carbocycles. The van der Waals surface area contributed by atoms with Crippen LogP contribution in [-0.2, 0) is 16.1 Å². The summed E-state index contributed by atoms with van der Waals surface area (Å²) < 4.78 is 10.3. The molecule has 0 aromatic heterocycles. The Morgan fingerprint density at radius 3 is 2.88 bits per heavy atom. The van der Waals surface area contributed by atoms with E-state index in [2.05, 4.69) is 0 Å². The zero-order valence-corrected chi connectivity index (χ0v) is 10.3. The topological polar surface area (TPSA) is 61.5 Å². The highest BCUT2D eigenvalue weighted by molar-refractivity contribution is 5.71. The molecule has 0 spiro atoms. The molecule has 94 valence electrons. The third kappa shape index (κ3) is 4.44. The number of carbonyl (C=O) groups excluding carboxylic acids is 1. The van der Waals surface area contributed by atoms with Crippen LogP contribution >= 0.6 is 0 Å². The third-order valence-electron chi connectivity index (χ3n) is 2.52. The van der Waals surface area contributed by atoms with E-state index < -0.39 is 0 Å². The summed E-state index contributed by atoms with van der Waals surface area (Å²) in [4.78, 5) is 11.6. The van der Waals surface area contributed by atoms with Crippen LogP contribution in [0.5, 0.6) is 5.75 Å². The van der Waals surface area contributed by atoms with Crippen molar-refractivity contribution in [1.29, 1.82) is 0 Å². The first-order valence-electron chi connectivity index (χ1n) is 5.67. The van der Waals surface area contributed by atoms with Gasteiger partial charge >= 0.3 is 5.97 Å². The van der Waals surface area contributed by atoms with Gasteiger partial charge in [-0.05, 0) is 30.7 Å². The van der Waals surface area contributed by atoms with Gasteiger partial charge in [0.2, 0.25) is 0 Å². The lowest BCUT2D eigenvalue weighted by Crippen LogP contribution is -2.18. The molecule has 0 heterocycles. The van der Waals surface area contributed by atoms with Crippen LogP contribution in [0.1, 0.15) is 18.9 Å². The molecule has 0 saturated heterocycles. The monoisotopic (exact) mass is 237 g/mol. The van der Waals surface area contributed by atoms with Gasteiger partial charge in [0.25, 0.3) is 0 Å². The summed E-state index contributed by atoms with van der Waals surface area (Å²) in [6.45, 7) is 2.58. The van der Waals surface area contributed by atoms with Gasteiger partial charge in [-0.25, -0.2) is 0 Å². The van der Waals surface area contributed by atoms with Gasteiger partial charge in [0.15, 0.2) is 0 Å². The molecule has 0 aliphatic carbocycles. The molecule has 17 heavy (non-hydrogen) atoms. The summed E-state index contributed by atoms with van der Waals surface area (Å²) in [6, 6.07) is 7.46. The molecule has 1 atom stereocenters. The van der Waals surface area contributed by atoms with Gasteiger partial charge in [-0.1, -0.05) is 19.1 Å². The normalized spacial score (nSPS) is 11.9. The van der Waals surface area contributed by atoms with E-state index in [1.807, 2.05) is 31.2 Å². The number of hydrogen-bond acceptors (Lipinski definition) is 4. The Labute approximate surface area is 102 Å². The highest BCUT2D eigenvalue weighted by Crippen LogP contribution is 2.14. The number of methoxy groups -OCH3 is 1. The smallest absolute Gasteiger partial charge is 0.309 e. The van der Waals surface area contributed by atoms with E-state index in [4.69, 9.17) is 15.2 Å². The van der Waals surface area contributed by atoms with Crippen molar-refractivity contribution in [2.24, 2.45) is 11.7 Å². The minimum atomic E-state index is -0.210. The van der Waals surface area contributed by atoms with Crippen molar-refractivity contribution < 1.29 is 14.3 Å². The molecule has 1 aromatic carbocycles. The minimum absolute atomic E-state index is 0.148. The van der Waals surface area contributed by atoms with Crippen molar-refractivity contribution in [1.82, 2.24) is 0 Å². The molecule has 1 aromatic rings. The highest BCUT2D eigenvalue weighted by atomic mass is 16.5. The van der Waals surface area contributed by atoms with E-state index in [-0.39, 0.29) is 18.5 Å². The van der Waals surface area contributed by atoms with E-state index in [9.17, 15) is 4.79 Å². The van der Waals surface area contributed by atoms with Gasteiger partial charge in [-0.2, -0.15) is 0 Å². The Balaban J connectivity index is 2.46. The van der Waals surface area contributed by atoms with Gasteiger partial charge in [0.1, 0.15) is 12.4 Å². The van der Waals surface area contributed by atoms with Gasteiger partial charge in [0, 0.05) is 0 Å². The number of benzene rings is 1. The molecule has 4 nitrogen and oxygen atoms in total. The zero-order chi connectivity index (χ0) is 12.7. The second-order valence-corrected chi connectivity index (χ2v) is 3.94. The minimum Gasteiger partial charge on any atom is -0.497 e. The van der Waals surface area contributed by atoms with Crippen molar-refractivity contribution >= 4 is 5.97 Å².